The molecule has 2 heteroatoms. The molecule has 0 heterocycles. The molecule has 1 atom stereocenters. The maximum absolute atomic E-state index is 13.5. The van der Waals surface area contributed by atoms with E-state index in [1.807, 2.05) is 19.2 Å². The van der Waals surface area contributed by atoms with Crippen LogP contribution in [0.3, 0.4) is 0 Å². The first-order valence-electron chi connectivity index (χ1n) is 4.76. The van der Waals surface area contributed by atoms with Crippen LogP contribution in [0.25, 0.3) is 0 Å². The Bertz CT molecular complexity index is 223. The Morgan fingerprint density at radius 3 is 2.85 bits per heavy atom. The molecule has 0 aromatic rings. The molecule has 1 unspecified atom stereocenters. The van der Waals surface area contributed by atoms with E-state index in [1.165, 1.54) is 0 Å². The third kappa shape index (κ3) is 2.96. The summed E-state index contributed by atoms with van der Waals surface area (Å²) in [5, 5.41) is 3.11. The lowest BCUT2D eigenvalue weighted by atomic mass is 9.89. The van der Waals surface area contributed by atoms with Crippen molar-refractivity contribution in [2.75, 3.05) is 13.6 Å². The number of rotatable bonds is 3. The van der Waals surface area contributed by atoms with Crippen LogP contribution < -0.4 is 5.32 Å². The van der Waals surface area contributed by atoms with Gasteiger partial charge in [-0.05, 0) is 38.8 Å². The second kappa shape index (κ2) is 4.05. The lowest BCUT2D eigenvalue weighted by Crippen LogP contribution is -2.22. The standard InChI is InChI=1S/C11H18FN/c1-11(2,12)10-6-4-5-9(7-10)8-13-3/h4,6-7,9,13H,5,8H2,1-3H3. The first-order valence-corrected chi connectivity index (χ1v) is 4.76. The van der Waals surface area contributed by atoms with Crippen LogP contribution in [-0.4, -0.2) is 19.3 Å². The SMILES string of the molecule is CNCC1C=C(C(C)(C)F)C=CC1. The Kier molecular flexibility index (Phi) is 3.26. The molecule has 0 amide bonds. The van der Waals surface area contributed by atoms with E-state index in [4.69, 9.17) is 0 Å². The van der Waals surface area contributed by atoms with Crippen LogP contribution in [0.1, 0.15) is 20.3 Å². The summed E-state index contributed by atoms with van der Waals surface area (Å²) >= 11 is 0. The minimum Gasteiger partial charge on any atom is -0.319 e. The van der Waals surface area contributed by atoms with Gasteiger partial charge >= 0.3 is 0 Å². The highest BCUT2D eigenvalue weighted by molar-refractivity contribution is 5.31. The molecular formula is C11H18FN. The van der Waals surface area contributed by atoms with Crippen molar-refractivity contribution in [1.82, 2.24) is 5.32 Å². The van der Waals surface area contributed by atoms with E-state index in [0.717, 1.165) is 18.5 Å². The Balaban J connectivity index is 2.69. The largest absolute Gasteiger partial charge is 0.319 e. The van der Waals surface area contributed by atoms with Crippen LogP contribution >= 0.6 is 0 Å². The molecular weight excluding hydrogens is 165 g/mol. The summed E-state index contributed by atoms with van der Waals surface area (Å²) in [5.74, 6) is 0.444. The van der Waals surface area contributed by atoms with Crippen LogP contribution in [0.15, 0.2) is 23.8 Å². The summed E-state index contributed by atoms with van der Waals surface area (Å²) in [4.78, 5) is 0. The molecule has 0 fully saturated rings. The van der Waals surface area contributed by atoms with E-state index in [1.54, 1.807) is 13.8 Å². The maximum atomic E-state index is 13.5. The third-order valence-electron chi connectivity index (χ3n) is 2.30. The summed E-state index contributed by atoms with van der Waals surface area (Å²) in [6, 6.07) is 0. The molecule has 0 spiro atoms. The lowest BCUT2D eigenvalue weighted by Gasteiger charge is -2.22. The van der Waals surface area contributed by atoms with Gasteiger partial charge in [-0.2, -0.15) is 0 Å². The van der Waals surface area contributed by atoms with Crippen molar-refractivity contribution in [3.05, 3.63) is 23.8 Å². The number of allylic oxidation sites excluding steroid dienone is 3. The van der Waals surface area contributed by atoms with Gasteiger partial charge in [0.25, 0.3) is 0 Å². The van der Waals surface area contributed by atoms with Crippen molar-refractivity contribution in [2.45, 2.75) is 25.9 Å². The number of hydrogen-bond acceptors (Lipinski definition) is 1. The van der Waals surface area contributed by atoms with E-state index in [2.05, 4.69) is 11.4 Å². The minimum atomic E-state index is -1.21. The van der Waals surface area contributed by atoms with Crippen LogP contribution in [0.4, 0.5) is 4.39 Å². The number of halogens is 1. The van der Waals surface area contributed by atoms with Crippen molar-refractivity contribution >= 4 is 0 Å². The van der Waals surface area contributed by atoms with Gasteiger partial charge < -0.3 is 5.32 Å². The molecule has 0 bridgehead atoms. The Labute approximate surface area is 79.7 Å². The summed E-state index contributed by atoms with van der Waals surface area (Å²) in [6.45, 7) is 4.12. The van der Waals surface area contributed by atoms with E-state index in [9.17, 15) is 4.39 Å². The average molecular weight is 183 g/mol. The van der Waals surface area contributed by atoms with Gasteiger partial charge in [0, 0.05) is 6.54 Å². The smallest absolute Gasteiger partial charge is 0.130 e. The Morgan fingerprint density at radius 2 is 2.31 bits per heavy atom. The molecule has 0 radical (unpaired) electrons. The first kappa shape index (κ1) is 10.5. The van der Waals surface area contributed by atoms with Gasteiger partial charge in [0.1, 0.15) is 5.67 Å². The first-order chi connectivity index (χ1) is 6.04. The summed E-state index contributed by atoms with van der Waals surface area (Å²) < 4.78 is 13.5. The van der Waals surface area contributed by atoms with Crippen LogP contribution in [-0.2, 0) is 0 Å². The van der Waals surface area contributed by atoms with Crippen molar-refractivity contribution < 1.29 is 4.39 Å². The van der Waals surface area contributed by atoms with Crippen LogP contribution in [0.5, 0.6) is 0 Å². The van der Waals surface area contributed by atoms with E-state index < -0.39 is 5.67 Å². The topological polar surface area (TPSA) is 12.0 Å². The van der Waals surface area contributed by atoms with Crippen LogP contribution in [0, 0.1) is 5.92 Å². The monoisotopic (exact) mass is 183 g/mol. The normalized spacial score (nSPS) is 23.1. The molecule has 1 aliphatic carbocycles. The van der Waals surface area contributed by atoms with Gasteiger partial charge in [0.05, 0.1) is 0 Å². The zero-order chi connectivity index (χ0) is 9.90. The average Bonchev–Trinajstić information content (AvgIpc) is 2.04. The Morgan fingerprint density at radius 1 is 1.62 bits per heavy atom. The lowest BCUT2D eigenvalue weighted by molar-refractivity contribution is 0.271. The highest BCUT2D eigenvalue weighted by Crippen LogP contribution is 2.27. The molecule has 13 heavy (non-hydrogen) atoms. The van der Waals surface area contributed by atoms with Crippen molar-refractivity contribution in [3.8, 4) is 0 Å². The number of alkyl halides is 1. The quantitative estimate of drug-likeness (QED) is 0.708. The molecule has 0 aliphatic heterocycles. The fraction of sp³-hybridized carbons (Fsp3) is 0.636. The number of nitrogens with one attached hydrogen (secondary N) is 1. The third-order valence-corrected chi connectivity index (χ3v) is 2.30. The molecule has 0 aromatic carbocycles. The molecule has 0 saturated heterocycles. The van der Waals surface area contributed by atoms with Crippen molar-refractivity contribution in [2.24, 2.45) is 5.92 Å². The zero-order valence-electron chi connectivity index (χ0n) is 8.60. The zero-order valence-corrected chi connectivity index (χ0v) is 8.60. The Hall–Kier alpha value is -0.630. The summed E-state index contributed by atoms with van der Waals surface area (Å²) in [6.07, 6.45) is 7.00. The van der Waals surface area contributed by atoms with Gasteiger partial charge in [-0.1, -0.05) is 18.2 Å². The van der Waals surface area contributed by atoms with Crippen molar-refractivity contribution in [1.29, 1.82) is 0 Å². The fourth-order valence-electron chi connectivity index (χ4n) is 1.55. The highest BCUT2D eigenvalue weighted by atomic mass is 19.1. The molecule has 1 aliphatic rings. The van der Waals surface area contributed by atoms with Gasteiger partial charge in [-0.15, -0.1) is 0 Å². The van der Waals surface area contributed by atoms with Crippen molar-refractivity contribution in [3.63, 3.8) is 0 Å². The molecule has 0 aromatic heterocycles. The second-order valence-electron chi connectivity index (χ2n) is 4.05. The maximum Gasteiger partial charge on any atom is 0.130 e. The molecule has 1 N–H and O–H groups in total. The molecule has 1 rings (SSSR count). The van der Waals surface area contributed by atoms with E-state index in [0.29, 0.717) is 5.92 Å². The number of hydrogen-bond donors (Lipinski definition) is 1. The molecule has 1 nitrogen and oxygen atoms in total. The van der Waals surface area contributed by atoms with Gasteiger partial charge in [0.2, 0.25) is 0 Å². The molecule has 74 valence electrons. The summed E-state index contributed by atoms with van der Waals surface area (Å²) in [7, 11) is 1.92. The van der Waals surface area contributed by atoms with Gasteiger partial charge in [0.15, 0.2) is 0 Å². The van der Waals surface area contributed by atoms with Gasteiger partial charge in [-0.25, -0.2) is 4.39 Å². The van der Waals surface area contributed by atoms with E-state index in [-0.39, 0.29) is 0 Å². The van der Waals surface area contributed by atoms with Gasteiger partial charge in [-0.3, -0.25) is 0 Å². The minimum absolute atomic E-state index is 0.444. The predicted molar refractivity (Wildman–Crippen MR) is 54.4 cm³/mol. The van der Waals surface area contributed by atoms with E-state index >= 15 is 0 Å². The fourth-order valence-corrected chi connectivity index (χ4v) is 1.55. The highest BCUT2D eigenvalue weighted by Gasteiger charge is 2.22. The predicted octanol–water partition coefficient (Wildman–Crippen LogP) is 2.46. The van der Waals surface area contributed by atoms with Crippen LogP contribution in [0.2, 0.25) is 0 Å². The molecule has 0 saturated carbocycles. The summed E-state index contributed by atoms with van der Waals surface area (Å²) in [5.41, 5.74) is -0.401. The second-order valence-corrected chi connectivity index (χ2v) is 4.05.